The molecule has 2 aromatic rings. The number of aryl methyl sites for hydroxylation is 1. The second kappa shape index (κ2) is 7.19. The van der Waals surface area contributed by atoms with Gasteiger partial charge in [0.1, 0.15) is 0 Å². The third-order valence-corrected chi connectivity index (χ3v) is 4.54. The first-order valence-corrected chi connectivity index (χ1v) is 7.87. The highest BCUT2D eigenvalue weighted by Gasteiger charge is 2.11. The lowest BCUT2D eigenvalue weighted by atomic mass is 10.1. The normalized spacial score (nSPS) is 10.3. The standard InChI is InChI=1S/C13H13N3O3S2/c1-8-4-2-3-5-9(8)6-10(17)14-12-15-16-13(21-12)20-7-11(18)19/h2-5H,6-7H2,1H3,(H,18,19)(H,14,15,17). The van der Waals surface area contributed by atoms with Gasteiger partial charge in [-0.25, -0.2) is 0 Å². The second-order valence-corrected chi connectivity index (χ2v) is 6.41. The number of aliphatic carboxylic acids is 1. The van der Waals surface area contributed by atoms with Gasteiger partial charge >= 0.3 is 5.97 Å². The van der Waals surface area contributed by atoms with Crippen LogP contribution in [0.2, 0.25) is 0 Å². The molecule has 8 heteroatoms. The van der Waals surface area contributed by atoms with Gasteiger partial charge in [0.15, 0.2) is 4.34 Å². The molecule has 6 nitrogen and oxygen atoms in total. The average molecular weight is 323 g/mol. The maximum Gasteiger partial charge on any atom is 0.313 e. The summed E-state index contributed by atoms with van der Waals surface area (Å²) in [5.74, 6) is -1.17. The largest absolute Gasteiger partial charge is 0.481 e. The van der Waals surface area contributed by atoms with Gasteiger partial charge in [-0.3, -0.25) is 9.59 Å². The summed E-state index contributed by atoms with van der Waals surface area (Å²) in [6.07, 6.45) is 0.268. The second-order valence-electron chi connectivity index (χ2n) is 4.21. The lowest BCUT2D eigenvalue weighted by Crippen LogP contribution is -2.14. The summed E-state index contributed by atoms with van der Waals surface area (Å²) < 4.78 is 0.517. The van der Waals surface area contributed by atoms with Crippen LogP contribution in [0.5, 0.6) is 0 Å². The minimum atomic E-state index is -0.916. The Morgan fingerprint density at radius 3 is 2.81 bits per heavy atom. The molecule has 1 heterocycles. The van der Waals surface area contributed by atoms with Crippen LogP contribution in [0.1, 0.15) is 11.1 Å². The molecule has 0 unspecified atom stereocenters. The van der Waals surface area contributed by atoms with Crippen LogP contribution in [0.15, 0.2) is 28.6 Å². The quantitative estimate of drug-likeness (QED) is 0.625. The van der Waals surface area contributed by atoms with E-state index in [4.69, 9.17) is 5.11 Å². The van der Waals surface area contributed by atoms with Crippen molar-refractivity contribution < 1.29 is 14.7 Å². The number of anilines is 1. The number of hydrogen-bond donors (Lipinski definition) is 2. The Morgan fingerprint density at radius 2 is 2.10 bits per heavy atom. The third-order valence-electron chi connectivity index (χ3n) is 2.58. The number of hydrogen-bond acceptors (Lipinski definition) is 6. The van der Waals surface area contributed by atoms with Gasteiger partial charge in [0.05, 0.1) is 12.2 Å². The number of carboxylic acid groups (broad SMARTS) is 1. The number of benzene rings is 1. The SMILES string of the molecule is Cc1ccccc1CC(=O)Nc1nnc(SCC(=O)O)s1. The van der Waals surface area contributed by atoms with Crippen molar-refractivity contribution in [1.29, 1.82) is 0 Å². The van der Waals surface area contributed by atoms with E-state index in [-0.39, 0.29) is 18.1 Å². The molecule has 0 aliphatic rings. The molecule has 0 fully saturated rings. The van der Waals surface area contributed by atoms with Crippen molar-refractivity contribution in [1.82, 2.24) is 10.2 Å². The molecule has 0 atom stereocenters. The topological polar surface area (TPSA) is 92.2 Å². The fourth-order valence-electron chi connectivity index (χ4n) is 1.59. The number of aromatic nitrogens is 2. The molecule has 1 amide bonds. The van der Waals surface area contributed by atoms with Gasteiger partial charge in [-0.15, -0.1) is 10.2 Å². The Kier molecular flexibility index (Phi) is 5.29. The summed E-state index contributed by atoms with van der Waals surface area (Å²) in [4.78, 5) is 22.4. The Labute approximate surface area is 129 Å². The highest BCUT2D eigenvalue weighted by molar-refractivity contribution is 8.01. The number of carbonyl (C=O) groups is 2. The van der Waals surface area contributed by atoms with Gasteiger partial charge in [0.2, 0.25) is 11.0 Å². The molecule has 0 spiro atoms. The smallest absolute Gasteiger partial charge is 0.313 e. The zero-order valence-electron chi connectivity index (χ0n) is 11.2. The molecular formula is C13H13N3O3S2. The van der Waals surface area contributed by atoms with Crippen LogP contribution in [0, 0.1) is 6.92 Å². The highest BCUT2D eigenvalue weighted by Crippen LogP contribution is 2.25. The van der Waals surface area contributed by atoms with Crippen LogP contribution in [-0.2, 0) is 16.0 Å². The van der Waals surface area contributed by atoms with Crippen LogP contribution < -0.4 is 5.32 Å². The summed E-state index contributed by atoms with van der Waals surface area (Å²) in [5, 5.41) is 19.3. The molecule has 2 N–H and O–H groups in total. The Bertz CT molecular complexity index is 658. The third kappa shape index (κ3) is 4.83. The summed E-state index contributed by atoms with van der Waals surface area (Å²) in [7, 11) is 0. The Balaban J connectivity index is 1.91. The molecule has 1 aromatic heterocycles. The fraction of sp³-hybridized carbons (Fsp3) is 0.231. The number of carboxylic acids is 1. The van der Waals surface area contributed by atoms with Gasteiger partial charge in [-0.1, -0.05) is 47.4 Å². The molecule has 1 aromatic carbocycles. The van der Waals surface area contributed by atoms with Gasteiger partial charge < -0.3 is 10.4 Å². The zero-order valence-corrected chi connectivity index (χ0v) is 12.8. The number of amides is 1. The van der Waals surface area contributed by atoms with Crippen LogP contribution in [0.3, 0.4) is 0 Å². The Morgan fingerprint density at radius 1 is 1.33 bits per heavy atom. The average Bonchev–Trinajstić information content (AvgIpc) is 2.86. The molecule has 0 saturated carbocycles. The van der Waals surface area contributed by atoms with E-state index >= 15 is 0 Å². The van der Waals surface area contributed by atoms with Crippen molar-refractivity contribution in [3.8, 4) is 0 Å². The summed E-state index contributed by atoms with van der Waals surface area (Å²) in [6.45, 7) is 1.95. The summed E-state index contributed by atoms with van der Waals surface area (Å²) in [6, 6.07) is 7.67. The van der Waals surface area contributed by atoms with Crippen molar-refractivity contribution in [2.75, 3.05) is 11.1 Å². The van der Waals surface area contributed by atoms with Crippen molar-refractivity contribution in [2.24, 2.45) is 0 Å². The van der Waals surface area contributed by atoms with Gasteiger partial charge in [-0.2, -0.15) is 0 Å². The van der Waals surface area contributed by atoms with E-state index in [9.17, 15) is 9.59 Å². The molecule has 0 aliphatic heterocycles. The maximum atomic E-state index is 11.9. The maximum absolute atomic E-state index is 11.9. The van der Waals surface area contributed by atoms with E-state index in [0.29, 0.717) is 9.47 Å². The number of carbonyl (C=O) groups excluding carboxylic acids is 1. The molecule has 110 valence electrons. The van der Waals surface area contributed by atoms with E-state index in [0.717, 1.165) is 34.2 Å². The van der Waals surface area contributed by atoms with E-state index in [1.54, 1.807) is 0 Å². The molecule has 0 radical (unpaired) electrons. The van der Waals surface area contributed by atoms with Crippen molar-refractivity contribution in [2.45, 2.75) is 17.7 Å². The van der Waals surface area contributed by atoms with Gasteiger partial charge in [-0.05, 0) is 18.1 Å². The lowest BCUT2D eigenvalue weighted by Gasteiger charge is -2.04. The van der Waals surface area contributed by atoms with Gasteiger partial charge in [0, 0.05) is 0 Å². The van der Waals surface area contributed by atoms with E-state index < -0.39 is 5.97 Å². The molecule has 0 bridgehead atoms. The highest BCUT2D eigenvalue weighted by atomic mass is 32.2. The molecule has 0 saturated heterocycles. The molecule has 2 rings (SSSR count). The minimum Gasteiger partial charge on any atom is -0.481 e. The summed E-state index contributed by atoms with van der Waals surface area (Å²) in [5.41, 5.74) is 2.02. The Hall–Kier alpha value is -1.93. The first kappa shape index (κ1) is 15.5. The van der Waals surface area contributed by atoms with Crippen molar-refractivity contribution in [3.05, 3.63) is 35.4 Å². The predicted octanol–water partition coefficient (Wildman–Crippen LogP) is 2.20. The first-order valence-electron chi connectivity index (χ1n) is 6.07. The summed E-state index contributed by atoms with van der Waals surface area (Å²) >= 11 is 2.24. The monoisotopic (exact) mass is 323 g/mol. The number of rotatable bonds is 6. The molecular weight excluding hydrogens is 310 g/mol. The first-order chi connectivity index (χ1) is 10.0. The molecule has 0 aliphatic carbocycles. The van der Waals surface area contributed by atoms with E-state index in [1.165, 1.54) is 0 Å². The minimum absolute atomic E-state index is 0.0776. The van der Waals surface area contributed by atoms with Crippen LogP contribution in [0.4, 0.5) is 5.13 Å². The zero-order chi connectivity index (χ0) is 15.2. The lowest BCUT2D eigenvalue weighted by molar-refractivity contribution is -0.133. The van der Waals surface area contributed by atoms with E-state index in [2.05, 4.69) is 15.5 Å². The van der Waals surface area contributed by atoms with Gasteiger partial charge in [0.25, 0.3) is 0 Å². The van der Waals surface area contributed by atoms with Crippen LogP contribution >= 0.6 is 23.1 Å². The van der Waals surface area contributed by atoms with E-state index in [1.807, 2.05) is 31.2 Å². The van der Waals surface area contributed by atoms with Crippen LogP contribution in [0.25, 0.3) is 0 Å². The molecule has 21 heavy (non-hydrogen) atoms. The predicted molar refractivity (Wildman–Crippen MR) is 81.8 cm³/mol. The number of thioether (sulfide) groups is 1. The van der Waals surface area contributed by atoms with Crippen molar-refractivity contribution in [3.63, 3.8) is 0 Å². The number of nitrogens with zero attached hydrogens (tertiary/aromatic N) is 2. The van der Waals surface area contributed by atoms with Crippen LogP contribution in [-0.4, -0.2) is 32.9 Å². The fourth-order valence-corrected chi connectivity index (χ4v) is 3.08. The number of nitrogens with one attached hydrogen (secondary N) is 1. The van der Waals surface area contributed by atoms with Crippen molar-refractivity contribution >= 4 is 40.1 Å².